The summed E-state index contributed by atoms with van der Waals surface area (Å²) in [5.74, 6) is -3.19. The predicted octanol–water partition coefficient (Wildman–Crippen LogP) is 5.90. The third kappa shape index (κ3) is 4.23. The molecule has 36 heavy (non-hydrogen) atoms. The van der Waals surface area contributed by atoms with E-state index in [1.165, 1.54) is 34.4 Å². The van der Waals surface area contributed by atoms with Gasteiger partial charge in [0.1, 0.15) is 10.8 Å². The molecule has 0 bridgehead atoms. The van der Waals surface area contributed by atoms with Gasteiger partial charge in [0.25, 0.3) is 11.7 Å². The fourth-order valence-electron chi connectivity index (χ4n) is 4.14. The minimum absolute atomic E-state index is 0.0276. The number of Topliss-reactive ketones (excluding diaryl/α,β-unsaturated/α-hetero) is 1. The molecular weight excluding hydrogens is 544 g/mol. The molecule has 0 spiro atoms. The fraction of sp³-hybridized carbons (Fsp3) is 0.0370. The van der Waals surface area contributed by atoms with Gasteiger partial charge >= 0.3 is 5.97 Å². The van der Waals surface area contributed by atoms with Gasteiger partial charge in [-0.25, -0.2) is 9.78 Å². The second kappa shape index (κ2) is 9.52. The highest BCUT2D eigenvalue weighted by Gasteiger charge is 2.47. The maximum atomic E-state index is 13.3. The van der Waals surface area contributed by atoms with E-state index in [1.807, 2.05) is 17.5 Å². The van der Waals surface area contributed by atoms with Crippen molar-refractivity contribution in [2.45, 2.75) is 6.04 Å². The Morgan fingerprint density at radius 3 is 2.31 bits per heavy atom. The first-order chi connectivity index (χ1) is 17.3. The molecule has 1 amide bonds. The molecule has 3 aromatic carbocycles. The Bertz CT molecular complexity index is 1510. The van der Waals surface area contributed by atoms with Crippen LogP contribution in [-0.2, 0) is 9.59 Å². The lowest BCUT2D eigenvalue weighted by atomic mass is 9.94. The van der Waals surface area contributed by atoms with Crippen LogP contribution < -0.4 is 4.90 Å². The number of benzene rings is 3. The van der Waals surface area contributed by atoms with Gasteiger partial charge in [0, 0.05) is 32.9 Å². The number of rotatable bonds is 5. The summed E-state index contributed by atoms with van der Waals surface area (Å²) in [6.45, 7) is 0. The first kappa shape index (κ1) is 23.7. The Labute approximate surface area is 218 Å². The molecular formula is C27H17BrN2O5S. The SMILES string of the molecule is O=C1C(=O)N(c2cccc(C(=O)O)c2)C(c2ccc(-c3nccs3)cc2)C1=C(O)c1ccc(Br)cc1. The Morgan fingerprint density at radius 2 is 1.67 bits per heavy atom. The topological polar surface area (TPSA) is 108 Å². The van der Waals surface area contributed by atoms with E-state index >= 15 is 0 Å². The van der Waals surface area contributed by atoms with Gasteiger partial charge in [-0.05, 0) is 35.9 Å². The zero-order chi connectivity index (χ0) is 25.4. The molecule has 0 saturated carbocycles. The number of nitrogens with zero attached hydrogens (tertiary/aromatic N) is 2. The lowest BCUT2D eigenvalue weighted by Gasteiger charge is -2.26. The number of aromatic nitrogens is 1. The number of hydrogen-bond acceptors (Lipinski definition) is 6. The van der Waals surface area contributed by atoms with Crippen LogP contribution in [0.2, 0.25) is 0 Å². The average Bonchev–Trinajstić information content (AvgIpc) is 3.51. The molecule has 1 unspecified atom stereocenters. The van der Waals surface area contributed by atoms with E-state index in [4.69, 9.17) is 0 Å². The number of carbonyl (C=O) groups is 3. The van der Waals surface area contributed by atoms with Crippen molar-refractivity contribution in [2.75, 3.05) is 4.90 Å². The molecule has 4 aromatic rings. The number of carbonyl (C=O) groups excluding carboxylic acids is 2. The van der Waals surface area contributed by atoms with Gasteiger partial charge in [0.15, 0.2) is 0 Å². The van der Waals surface area contributed by atoms with Gasteiger partial charge in [-0.3, -0.25) is 14.5 Å². The van der Waals surface area contributed by atoms with Crippen molar-refractivity contribution in [2.24, 2.45) is 0 Å². The maximum Gasteiger partial charge on any atom is 0.335 e. The third-order valence-electron chi connectivity index (χ3n) is 5.84. The Kier molecular flexibility index (Phi) is 6.26. The lowest BCUT2D eigenvalue weighted by molar-refractivity contribution is -0.132. The van der Waals surface area contributed by atoms with Crippen molar-refractivity contribution < 1.29 is 24.6 Å². The van der Waals surface area contributed by atoms with Crippen molar-refractivity contribution in [3.63, 3.8) is 0 Å². The normalized spacial score (nSPS) is 16.9. The molecule has 1 fully saturated rings. The molecule has 9 heteroatoms. The molecule has 2 heterocycles. The number of hydrogen-bond donors (Lipinski definition) is 2. The van der Waals surface area contributed by atoms with Crippen LogP contribution in [0.1, 0.15) is 27.5 Å². The first-order valence-corrected chi connectivity index (χ1v) is 12.4. The third-order valence-corrected chi connectivity index (χ3v) is 7.19. The molecule has 0 radical (unpaired) electrons. The zero-order valence-corrected chi connectivity index (χ0v) is 20.9. The summed E-state index contributed by atoms with van der Waals surface area (Å²) in [5.41, 5.74) is 1.95. The minimum atomic E-state index is -1.16. The number of ketones is 1. The highest BCUT2D eigenvalue weighted by Crippen LogP contribution is 2.42. The second-order valence-electron chi connectivity index (χ2n) is 7.99. The summed E-state index contributed by atoms with van der Waals surface area (Å²) in [7, 11) is 0. The number of carboxylic acids is 1. The Balaban J connectivity index is 1.69. The molecule has 7 nitrogen and oxygen atoms in total. The lowest BCUT2D eigenvalue weighted by Crippen LogP contribution is -2.29. The summed E-state index contributed by atoms with van der Waals surface area (Å²) in [5, 5.41) is 23.3. The van der Waals surface area contributed by atoms with Crippen molar-refractivity contribution in [3.8, 4) is 10.6 Å². The Morgan fingerprint density at radius 1 is 0.944 bits per heavy atom. The zero-order valence-electron chi connectivity index (χ0n) is 18.5. The summed E-state index contributed by atoms with van der Waals surface area (Å²) in [4.78, 5) is 43.7. The summed E-state index contributed by atoms with van der Waals surface area (Å²) >= 11 is 4.83. The summed E-state index contributed by atoms with van der Waals surface area (Å²) in [6.07, 6.45) is 1.70. The fourth-order valence-corrected chi connectivity index (χ4v) is 5.05. The van der Waals surface area contributed by atoms with Gasteiger partial charge in [-0.15, -0.1) is 11.3 Å². The van der Waals surface area contributed by atoms with Crippen LogP contribution in [-0.4, -0.2) is 32.9 Å². The number of aromatic carboxylic acids is 1. The van der Waals surface area contributed by atoms with E-state index in [1.54, 1.807) is 48.7 Å². The number of amides is 1. The largest absolute Gasteiger partial charge is 0.507 e. The van der Waals surface area contributed by atoms with E-state index in [0.717, 1.165) is 15.0 Å². The van der Waals surface area contributed by atoms with E-state index in [0.29, 0.717) is 11.1 Å². The van der Waals surface area contributed by atoms with Gasteiger partial charge < -0.3 is 10.2 Å². The molecule has 178 valence electrons. The molecule has 1 saturated heterocycles. The second-order valence-corrected chi connectivity index (χ2v) is 9.80. The predicted molar refractivity (Wildman–Crippen MR) is 140 cm³/mol. The van der Waals surface area contributed by atoms with Crippen LogP contribution in [0.15, 0.2) is 94.4 Å². The standard InChI is InChI=1S/C27H17BrN2O5S/c28-19-10-8-16(9-11-19)23(31)21-22(15-4-6-17(7-5-15)25-29-12-13-36-25)30(26(33)24(21)32)20-3-1-2-18(14-20)27(34)35/h1-14,22,31H,(H,34,35). The highest BCUT2D eigenvalue weighted by atomic mass is 79.9. The average molecular weight is 561 g/mol. The van der Waals surface area contributed by atoms with Crippen molar-refractivity contribution in [3.05, 3.63) is 111 Å². The number of carboxylic acid groups (broad SMARTS) is 1. The molecule has 1 aliphatic rings. The molecule has 5 rings (SSSR count). The monoisotopic (exact) mass is 560 g/mol. The van der Waals surface area contributed by atoms with Crippen LogP contribution in [0, 0.1) is 0 Å². The highest BCUT2D eigenvalue weighted by molar-refractivity contribution is 9.10. The molecule has 1 aliphatic heterocycles. The number of aliphatic hydroxyl groups is 1. The summed E-state index contributed by atoms with van der Waals surface area (Å²) in [6, 6.07) is 18.8. The molecule has 1 aromatic heterocycles. The van der Waals surface area contributed by atoms with Gasteiger partial charge in [0.05, 0.1) is 17.2 Å². The van der Waals surface area contributed by atoms with Crippen molar-refractivity contribution in [1.82, 2.24) is 4.98 Å². The van der Waals surface area contributed by atoms with E-state index in [-0.39, 0.29) is 22.6 Å². The van der Waals surface area contributed by atoms with Gasteiger partial charge in [-0.1, -0.05) is 58.4 Å². The molecule has 1 atom stereocenters. The van der Waals surface area contributed by atoms with Crippen LogP contribution in [0.4, 0.5) is 5.69 Å². The molecule has 2 N–H and O–H groups in total. The van der Waals surface area contributed by atoms with E-state index in [2.05, 4.69) is 20.9 Å². The van der Waals surface area contributed by atoms with Gasteiger partial charge in [-0.2, -0.15) is 0 Å². The smallest absolute Gasteiger partial charge is 0.335 e. The van der Waals surface area contributed by atoms with Crippen LogP contribution in [0.25, 0.3) is 16.3 Å². The number of thiazole rings is 1. The van der Waals surface area contributed by atoms with Crippen molar-refractivity contribution >= 4 is 56.4 Å². The van der Waals surface area contributed by atoms with Crippen molar-refractivity contribution in [1.29, 1.82) is 0 Å². The number of anilines is 1. The Hall–Kier alpha value is -4.08. The first-order valence-electron chi connectivity index (χ1n) is 10.8. The summed E-state index contributed by atoms with van der Waals surface area (Å²) < 4.78 is 0.791. The van der Waals surface area contributed by atoms with Gasteiger partial charge in [0.2, 0.25) is 0 Å². The van der Waals surface area contributed by atoms with Crippen LogP contribution in [0.5, 0.6) is 0 Å². The maximum absolute atomic E-state index is 13.3. The number of halogens is 1. The van der Waals surface area contributed by atoms with Crippen LogP contribution in [0.3, 0.4) is 0 Å². The number of aliphatic hydroxyl groups excluding tert-OH is 1. The van der Waals surface area contributed by atoms with E-state index < -0.39 is 23.7 Å². The molecule has 0 aliphatic carbocycles. The van der Waals surface area contributed by atoms with E-state index in [9.17, 15) is 24.6 Å². The quantitative estimate of drug-likeness (QED) is 0.179. The minimum Gasteiger partial charge on any atom is -0.507 e. The van der Waals surface area contributed by atoms with Crippen LogP contribution >= 0.6 is 27.3 Å².